The summed E-state index contributed by atoms with van der Waals surface area (Å²) < 4.78 is 15.5. The van der Waals surface area contributed by atoms with Gasteiger partial charge >= 0.3 is 11.8 Å². The van der Waals surface area contributed by atoms with E-state index in [0.29, 0.717) is 27.8 Å². The van der Waals surface area contributed by atoms with E-state index < -0.39 is 11.8 Å². The monoisotopic (exact) mass is 391 g/mol. The number of hydrazone groups is 1. The molecule has 142 valence electrons. The van der Waals surface area contributed by atoms with Crippen LogP contribution in [-0.2, 0) is 9.59 Å². The predicted octanol–water partition coefficient (Wildman–Crippen LogP) is 2.45. The van der Waals surface area contributed by atoms with Gasteiger partial charge < -0.3 is 19.5 Å². The first-order valence-corrected chi connectivity index (χ1v) is 8.06. The lowest BCUT2D eigenvalue weighted by Gasteiger charge is -2.10. The molecule has 2 aromatic rings. The van der Waals surface area contributed by atoms with Gasteiger partial charge in [-0.3, -0.25) is 9.59 Å². The smallest absolute Gasteiger partial charge is 0.329 e. The van der Waals surface area contributed by atoms with Crippen molar-refractivity contribution in [2.24, 2.45) is 5.10 Å². The molecule has 27 heavy (non-hydrogen) atoms. The molecule has 0 aliphatic heterocycles. The largest absolute Gasteiger partial charge is 0.495 e. The van der Waals surface area contributed by atoms with Gasteiger partial charge in [-0.15, -0.1) is 0 Å². The summed E-state index contributed by atoms with van der Waals surface area (Å²) in [4.78, 5) is 24.0. The number of hydrogen-bond donors (Lipinski definition) is 2. The van der Waals surface area contributed by atoms with Crippen LogP contribution in [0.5, 0.6) is 17.2 Å². The second-order valence-electron chi connectivity index (χ2n) is 5.08. The van der Waals surface area contributed by atoms with Gasteiger partial charge in [0.25, 0.3) is 0 Å². The van der Waals surface area contributed by atoms with Gasteiger partial charge in [0.2, 0.25) is 0 Å². The van der Waals surface area contributed by atoms with Crippen molar-refractivity contribution in [3.8, 4) is 17.2 Å². The molecule has 0 heterocycles. The molecule has 2 amide bonds. The minimum Gasteiger partial charge on any atom is -0.495 e. The lowest BCUT2D eigenvalue weighted by atomic mass is 10.2. The first-order valence-electron chi connectivity index (χ1n) is 7.69. The number of halogens is 1. The zero-order valence-corrected chi connectivity index (χ0v) is 15.7. The molecule has 2 aromatic carbocycles. The van der Waals surface area contributed by atoms with E-state index in [1.165, 1.54) is 33.6 Å². The van der Waals surface area contributed by atoms with E-state index in [4.69, 9.17) is 25.8 Å². The minimum absolute atomic E-state index is 0.267. The Morgan fingerprint density at radius 2 is 1.74 bits per heavy atom. The highest BCUT2D eigenvalue weighted by molar-refractivity contribution is 6.40. The fraction of sp³-hybridized carbons (Fsp3) is 0.167. The van der Waals surface area contributed by atoms with Crippen molar-refractivity contribution in [2.45, 2.75) is 0 Å². The Labute approximate surface area is 161 Å². The molecule has 0 spiro atoms. The average Bonchev–Trinajstić information content (AvgIpc) is 2.67. The van der Waals surface area contributed by atoms with Crippen LogP contribution in [0, 0.1) is 0 Å². The summed E-state index contributed by atoms with van der Waals surface area (Å²) in [7, 11) is 4.43. The maximum Gasteiger partial charge on any atom is 0.329 e. The quantitative estimate of drug-likeness (QED) is 0.447. The molecule has 0 aromatic heterocycles. The summed E-state index contributed by atoms with van der Waals surface area (Å²) in [5.74, 6) is -0.560. The number of benzene rings is 2. The number of hydrogen-bond acceptors (Lipinski definition) is 6. The normalized spacial score (nSPS) is 10.4. The first kappa shape index (κ1) is 20.1. The molecule has 8 nitrogen and oxygen atoms in total. The van der Waals surface area contributed by atoms with Gasteiger partial charge in [-0.25, -0.2) is 5.43 Å². The van der Waals surface area contributed by atoms with Crippen LogP contribution in [0.25, 0.3) is 0 Å². The Hall–Kier alpha value is -3.26. The number of rotatable bonds is 6. The number of ether oxygens (including phenoxy) is 3. The van der Waals surface area contributed by atoms with E-state index >= 15 is 0 Å². The molecule has 0 fully saturated rings. The van der Waals surface area contributed by atoms with Crippen LogP contribution >= 0.6 is 11.6 Å². The predicted molar refractivity (Wildman–Crippen MR) is 102 cm³/mol. The van der Waals surface area contributed by atoms with Gasteiger partial charge in [-0.1, -0.05) is 17.7 Å². The summed E-state index contributed by atoms with van der Waals surface area (Å²) >= 11 is 5.89. The minimum atomic E-state index is -0.963. The molecule has 0 saturated heterocycles. The fourth-order valence-electron chi connectivity index (χ4n) is 2.18. The van der Waals surface area contributed by atoms with Gasteiger partial charge in [0.1, 0.15) is 5.75 Å². The zero-order valence-electron chi connectivity index (χ0n) is 14.9. The highest BCUT2D eigenvalue weighted by Gasteiger charge is 2.16. The maximum absolute atomic E-state index is 12.0. The van der Waals surface area contributed by atoms with Gasteiger partial charge in [0.05, 0.1) is 33.2 Å². The van der Waals surface area contributed by atoms with E-state index in [0.717, 1.165) is 0 Å². The van der Waals surface area contributed by atoms with Crippen molar-refractivity contribution >= 4 is 35.3 Å². The number of carbonyl (C=O) groups is 2. The lowest BCUT2D eigenvalue weighted by Crippen LogP contribution is -2.32. The van der Waals surface area contributed by atoms with Crippen molar-refractivity contribution in [1.29, 1.82) is 0 Å². The van der Waals surface area contributed by atoms with Crippen LogP contribution in [0.2, 0.25) is 5.02 Å². The molecule has 0 atom stereocenters. The number of methoxy groups -OCH3 is 3. The number of carbonyl (C=O) groups excluding carboxylic acids is 2. The van der Waals surface area contributed by atoms with Crippen molar-refractivity contribution in [3.05, 3.63) is 47.0 Å². The lowest BCUT2D eigenvalue weighted by molar-refractivity contribution is -0.136. The Bertz CT molecular complexity index is 870. The Balaban J connectivity index is 2.05. The molecule has 0 saturated carbocycles. The molecule has 0 radical (unpaired) electrons. The fourth-order valence-corrected chi connectivity index (χ4v) is 2.35. The van der Waals surface area contributed by atoms with E-state index in [1.54, 1.807) is 30.3 Å². The summed E-state index contributed by atoms with van der Waals surface area (Å²) in [5.41, 5.74) is 2.97. The molecule has 0 aliphatic rings. The van der Waals surface area contributed by atoms with Crippen molar-refractivity contribution in [1.82, 2.24) is 5.43 Å². The molecule has 2 N–H and O–H groups in total. The number of anilines is 1. The molecule has 0 unspecified atom stereocenters. The molecule has 0 bridgehead atoms. The number of nitrogens with one attached hydrogen (secondary N) is 2. The topological polar surface area (TPSA) is 98.2 Å². The van der Waals surface area contributed by atoms with Crippen molar-refractivity contribution < 1.29 is 23.8 Å². The highest BCUT2D eigenvalue weighted by atomic mass is 35.5. The van der Waals surface area contributed by atoms with Crippen LogP contribution in [0.1, 0.15) is 5.56 Å². The summed E-state index contributed by atoms with van der Waals surface area (Å²) in [6.45, 7) is 0. The third-order valence-electron chi connectivity index (χ3n) is 3.42. The van der Waals surface area contributed by atoms with Gasteiger partial charge in [0, 0.05) is 10.6 Å². The van der Waals surface area contributed by atoms with Gasteiger partial charge in [-0.2, -0.15) is 5.10 Å². The Morgan fingerprint density at radius 1 is 1.00 bits per heavy atom. The third-order valence-corrected chi connectivity index (χ3v) is 3.65. The van der Waals surface area contributed by atoms with Crippen LogP contribution in [0.4, 0.5) is 5.69 Å². The Kier molecular flexibility index (Phi) is 7.01. The average molecular weight is 392 g/mol. The van der Waals surface area contributed by atoms with Crippen LogP contribution in [-0.4, -0.2) is 39.4 Å². The van der Waals surface area contributed by atoms with Crippen LogP contribution in [0.15, 0.2) is 41.5 Å². The highest BCUT2D eigenvalue weighted by Crippen LogP contribution is 2.29. The zero-order chi connectivity index (χ0) is 19.8. The van der Waals surface area contributed by atoms with E-state index in [-0.39, 0.29) is 5.69 Å². The van der Waals surface area contributed by atoms with Gasteiger partial charge in [0.15, 0.2) is 11.5 Å². The third kappa shape index (κ3) is 5.11. The van der Waals surface area contributed by atoms with E-state index in [2.05, 4.69) is 15.8 Å². The molecule has 9 heteroatoms. The summed E-state index contributed by atoms with van der Waals surface area (Å²) in [6, 6.07) is 9.82. The van der Waals surface area contributed by atoms with Crippen molar-refractivity contribution in [2.75, 3.05) is 26.6 Å². The summed E-state index contributed by atoms with van der Waals surface area (Å²) in [5, 5.41) is 6.57. The molecular formula is C18H18ClN3O5. The van der Waals surface area contributed by atoms with Crippen molar-refractivity contribution in [3.63, 3.8) is 0 Å². The number of nitrogens with zero attached hydrogens (tertiary/aromatic N) is 1. The first-order chi connectivity index (χ1) is 13.0. The number of amides is 2. The molecule has 0 aliphatic carbocycles. The maximum atomic E-state index is 12.0. The molecule has 2 rings (SSSR count). The van der Waals surface area contributed by atoms with Crippen LogP contribution < -0.4 is 25.0 Å². The van der Waals surface area contributed by atoms with Crippen LogP contribution in [0.3, 0.4) is 0 Å². The SMILES string of the molecule is COc1ccc(Cl)cc1NC(=O)C(=O)N/N=C/c1cccc(OC)c1OC. The van der Waals surface area contributed by atoms with Gasteiger partial charge in [-0.05, 0) is 30.3 Å². The summed E-state index contributed by atoms with van der Waals surface area (Å²) in [6.07, 6.45) is 1.34. The molecular weight excluding hydrogens is 374 g/mol. The second-order valence-corrected chi connectivity index (χ2v) is 5.52. The Morgan fingerprint density at radius 3 is 2.41 bits per heavy atom. The van der Waals surface area contributed by atoms with E-state index in [9.17, 15) is 9.59 Å². The standard InChI is InChI=1S/C18H18ClN3O5/c1-25-14-8-7-12(19)9-13(14)21-17(23)18(24)22-20-10-11-5-4-6-15(26-2)16(11)27-3/h4-10H,1-3H3,(H,21,23)(H,22,24)/b20-10+. The van der Waals surface area contributed by atoms with E-state index in [1.807, 2.05) is 0 Å². The number of para-hydroxylation sites is 1. The second kappa shape index (κ2) is 9.44.